The largest absolute Gasteiger partial charge is 0.481 e. The number of aryl methyl sites for hydroxylation is 1. The third-order valence-corrected chi connectivity index (χ3v) is 4.61. The van der Waals surface area contributed by atoms with E-state index in [4.69, 9.17) is 5.11 Å². The summed E-state index contributed by atoms with van der Waals surface area (Å²) in [6, 6.07) is 16.9. The van der Waals surface area contributed by atoms with E-state index in [-0.39, 0.29) is 24.2 Å². The second-order valence-electron chi connectivity index (χ2n) is 6.37. The highest BCUT2D eigenvalue weighted by atomic mass is 16.4. The summed E-state index contributed by atoms with van der Waals surface area (Å²) >= 11 is 0. The van der Waals surface area contributed by atoms with Gasteiger partial charge in [-0.15, -0.1) is 0 Å². The number of hydrogen-bond acceptors (Lipinski definition) is 2. The van der Waals surface area contributed by atoms with Gasteiger partial charge in [0.05, 0.1) is 12.5 Å². The average molecular weight is 323 g/mol. The van der Waals surface area contributed by atoms with E-state index in [1.165, 1.54) is 11.1 Å². The second kappa shape index (κ2) is 6.87. The van der Waals surface area contributed by atoms with E-state index < -0.39 is 12.0 Å². The third kappa shape index (κ3) is 3.65. The molecule has 1 saturated carbocycles. The van der Waals surface area contributed by atoms with Crippen LogP contribution in [0.1, 0.15) is 41.5 Å². The average Bonchev–Trinajstić information content (AvgIpc) is 3.35. The van der Waals surface area contributed by atoms with Crippen LogP contribution < -0.4 is 5.32 Å². The minimum atomic E-state index is -0.921. The molecule has 0 bridgehead atoms. The quantitative estimate of drug-likeness (QED) is 0.856. The molecule has 3 atom stereocenters. The molecule has 4 nitrogen and oxygen atoms in total. The molecular formula is C20H21NO3. The number of carbonyl (C=O) groups is 2. The van der Waals surface area contributed by atoms with Crippen LogP contribution in [0, 0.1) is 12.8 Å². The van der Waals surface area contributed by atoms with Crippen LogP contribution in [0.15, 0.2) is 54.6 Å². The summed E-state index contributed by atoms with van der Waals surface area (Å²) in [4.78, 5) is 23.7. The number of hydrogen-bond donors (Lipinski definition) is 2. The SMILES string of the molecule is Cc1ccccc1C1CC1C(=O)NC(CC(=O)O)c1ccccc1. The Morgan fingerprint density at radius 3 is 2.46 bits per heavy atom. The maximum absolute atomic E-state index is 12.6. The number of amides is 1. The number of carbonyl (C=O) groups excluding carboxylic acids is 1. The van der Waals surface area contributed by atoms with Gasteiger partial charge in [0.15, 0.2) is 0 Å². The van der Waals surface area contributed by atoms with Crippen LogP contribution in [0.25, 0.3) is 0 Å². The summed E-state index contributed by atoms with van der Waals surface area (Å²) in [5, 5.41) is 12.1. The van der Waals surface area contributed by atoms with Crippen molar-refractivity contribution in [1.29, 1.82) is 0 Å². The smallest absolute Gasteiger partial charge is 0.305 e. The van der Waals surface area contributed by atoms with Gasteiger partial charge in [-0.05, 0) is 36.0 Å². The van der Waals surface area contributed by atoms with Crippen molar-refractivity contribution in [3.63, 3.8) is 0 Å². The van der Waals surface area contributed by atoms with Crippen LogP contribution in [0.5, 0.6) is 0 Å². The summed E-state index contributed by atoms with van der Waals surface area (Å²) < 4.78 is 0. The Morgan fingerprint density at radius 1 is 1.12 bits per heavy atom. The molecule has 124 valence electrons. The van der Waals surface area contributed by atoms with E-state index >= 15 is 0 Å². The molecule has 1 amide bonds. The Morgan fingerprint density at radius 2 is 1.79 bits per heavy atom. The summed E-state index contributed by atoms with van der Waals surface area (Å²) in [6.45, 7) is 2.06. The van der Waals surface area contributed by atoms with E-state index in [0.29, 0.717) is 0 Å². The fourth-order valence-corrected chi connectivity index (χ4v) is 3.22. The fourth-order valence-electron chi connectivity index (χ4n) is 3.22. The maximum atomic E-state index is 12.6. The topological polar surface area (TPSA) is 66.4 Å². The van der Waals surface area contributed by atoms with Crippen LogP contribution in [-0.4, -0.2) is 17.0 Å². The summed E-state index contributed by atoms with van der Waals surface area (Å²) in [5.41, 5.74) is 3.23. The van der Waals surface area contributed by atoms with Gasteiger partial charge < -0.3 is 10.4 Å². The molecule has 4 heteroatoms. The summed E-state index contributed by atoms with van der Waals surface area (Å²) in [7, 11) is 0. The van der Waals surface area contributed by atoms with Crippen molar-refractivity contribution in [2.75, 3.05) is 0 Å². The molecule has 0 radical (unpaired) electrons. The van der Waals surface area contributed by atoms with Gasteiger partial charge in [0, 0.05) is 5.92 Å². The number of aliphatic carboxylic acids is 1. The number of rotatable bonds is 6. The van der Waals surface area contributed by atoms with Gasteiger partial charge in [-0.3, -0.25) is 9.59 Å². The third-order valence-electron chi connectivity index (χ3n) is 4.61. The fraction of sp³-hybridized carbons (Fsp3) is 0.300. The summed E-state index contributed by atoms with van der Waals surface area (Å²) in [6.07, 6.45) is 0.711. The summed E-state index contributed by atoms with van der Waals surface area (Å²) in [5.74, 6) is -0.799. The molecule has 0 spiro atoms. The van der Waals surface area contributed by atoms with E-state index in [1.54, 1.807) is 0 Å². The Balaban J connectivity index is 1.69. The van der Waals surface area contributed by atoms with Gasteiger partial charge in [-0.25, -0.2) is 0 Å². The molecule has 2 aromatic carbocycles. The van der Waals surface area contributed by atoms with Crippen LogP contribution in [-0.2, 0) is 9.59 Å². The van der Waals surface area contributed by atoms with Crippen LogP contribution in [0.2, 0.25) is 0 Å². The van der Waals surface area contributed by atoms with Gasteiger partial charge in [0.1, 0.15) is 0 Å². The van der Waals surface area contributed by atoms with Gasteiger partial charge in [0.25, 0.3) is 0 Å². The lowest BCUT2D eigenvalue weighted by atomic mass is 10.0. The first-order chi connectivity index (χ1) is 11.6. The molecule has 24 heavy (non-hydrogen) atoms. The minimum absolute atomic E-state index is 0.0571. The first kappa shape index (κ1) is 16.2. The van der Waals surface area contributed by atoms with Gasteiger partial charge in [-0.1, -0.05) is 54.6 Å². The van der Waals surface area contributed by atoms with Gasteiger partial charge >= 0.3 is 5.97 Å². The van der Waals surface area contributed by atoms with Crippen LogP contribution in [0.3, 0.4) is 0 Å². The standard InChI is InChI=1S/C20H21NO3/c1-13-7-5-6-10-15(13)16-11-17(16)20(24)21-18(12-19(22)23)14-8-3-2-4-9-14/h2-10,16-18H,11-12H2,1H3,(H,21,24)(H,22,23). The van der Waals surface area contributed by atoms with Crippen LogP contribution in [0.4, 0.5) is 0 Å². The van der Waals surface area contributed by atoms with Crippen molar-refractivity contribution in [3.05, 3.63) is 71.3 Å². The molecule has 3 unspecified atom stereocenters. The normalized spacial score (nSPS) is 20.2. The van der Waals surface area contributed by atoms with Crippen molar-refractivity contribution in [3.8, 4) is 0 Å². The van der Waals surface area contributed by atoms with E-state index in [1.807, 2.05) is 42.5 Å². The first-order valence-electron chi connectivity index (χ1n) is 8.19. The molecular weight excluding hydrogens is 302 g/mol. The molecule has 1 aliphatic carbocycles. The monoisotopic (exact) mass is 323 g/mol. The predicted molar refractivity (Wildman–Crippen MR) is 91.6 cm³/mol. The lowest BCUT2D eigenvalue weighted by Gasteiger charge is -2.17. The zero-order chi connectivity index (χ0) is 17.1. The van der Waals surface area contributed by atoms with Crippen molar-refractivity contribution < 1.29 is 14.7 Å². The highest BCUT2D eigenvalue weighted by molar-refractivity contribution is 5.84. The van der Waals surface area contributed by atoms with E-state index in [2.05, 4.69) is 24.4 Å². The van der Waals surface area contributed by atoms with Crippen LogP contribution >= 0.6 is 0 Å². The van der Waals surface area contributed by atoms with Gasteiger partial charge in [0.2, 0.25) is 5.91 Å². The Bertz CT molecular complexity index is 742. The highest BCUT2D eigenvalue weighted by Gasteiger charge is 2.45. The number of carboxylic acids is 1. The molecule has 0 saturated heterocycles. The molecule has 0 aliphatic heterocycles. The first-order valence-corrected chi connectivity index (χ1v) is 8.19. The Labute approximate surface area is 141 Å². The number of benzene rings is 2. The van der Waals surface area contributed by atoms with E-state index in [9.17, 15) is 9.59 Å². The molecule has 2 N–H and O–H groups in total. The number of nitrogens with one attached hydrogen (secondary N) is 1. The Kier molecular flexibility index (Phi) is 4.65. The lowest BCUT2D eigenvalue weighted by Crippen LogP contribution is -2.31. The Hall–Kier alpha value is -2.62. The molecule has 1 aliphatic rings. The van der Waals surface area contributed by atoms with Crippen molar-refractivity contribution in [2.45, 2.75) is 31.7 Å². The maximum Gasteiger partial charge on any atom is 0.305 e. The van der Waals surface area contributed by atoms with Crippen molar-refractivity contribution >= 4 is 11.9 Å². The minimum Gasteiger partial charge on any atom is -0.481 e. The zero-order valence-electron chi connectivity index (χ0n) is 13.6. The van der Waals surface area contributed by atoms with Gasteiger partial charge in [-0.2, -0.15) is 0 Å². The molecule has 3 rings (SSSR count). The molecule has 0 aromatic heterocycles. The van der Waals surface area contributed by atoms with Crippen molar-refractivity contribution in [1.82, 2.24) is 5.32 Å². The molecule has 1 fully saturated rings. The molecule has 0 heterocycles. The zero-order valence-corrected chi connectivity index (χ0v) is 13.6. The lowest BCUT2D eigenvalue weighted by molar-refractivity contribution is -0.137. The number of carboxylic acid groups (broad SMARTS) is 1. The highest BCUT2D eigenvalue weighted by Crippen LogP contribution is 2.48. The second-order valence-corrected chi connectivity index (χ2v) is 6.37. The molecule has 2 aromatic rings. The van der Waals surface area contributed by atoms with Crippen molar-refractivity contribution in [2.24, 2.45) is 5.92 Å². The predicted octanol–water partition coefficient (Wildman–Crippen LogP) is 3.43. The van der Waals surface area contributed by atoms with E-state index in [0.717, 1.165) is 12.0 Å².